The van der Waals surface area contributed by atoms with Crippen LogP contribution in [0.1, 0.15) is 12.6 Å². The van der Waals surface area contributed by atoms with Crippen LogP contribution in [0.2, 0.25) is 0 Å². The minimum Gasteiger partial charge on any atom is -0.494 e. The van der Waals surface area contributed by atoms with E-state index < -0.39 is 0 Å². The summed E-state index contributed by atoms with van der Waals surface area (Å²) in [5, 5.41) is 0. The van der Waals surface area contributed by atoms with Gasteiger partial charge in [0.15, 0.2) is 4.96 Å². The molecule has 2 heterocycles. The van der Waals surface area contributed by atoms with Crippen LogP contribution in [0.3, 0.4) is 0 Å². The van der Waals surface area contributed by atoms with E-state index in [9.17, 15) is 0 Å². The predicted octanol–water partition coefficient (Wildman–Crippen LogP) is 4.92. The number of hydrogen-bond acceptors (Lipinski definition) is 3. The van der Waals surface area contributed by atoms with Crippen LogP contribution in [0.5, 0.6) is 5.75 Å². The minimum atomic E-state index is 0.686. The number of fused-ring (bicyclic) bond motifs is 3. The maximum absolute atomic E-state index is 5.59. The molecule has 22 heavy (non-hydrogen) atoms. The van der Waals surface area contributed by atoms with Crippen LogP contribution in [0.15, 0.2) is 48.5 Å². The molecular formula is C18H16N2OS. The molecule has 0 aliphatic carbocycles. The summed E-state index contributed by atoms with van der Waals surface area (Å²) in [4.78, 5) is 5.86. The number of hydrogen-bond donors (Lipinski definition) is 0. The molecule has 2 aromatic carbocycles. The Morgan fingerprint density at radius 3 is 2.73 bits per heavy atom. The summed E-state index contributed by atoms with van der Waals surface area (Å²) in [6, 6.07) is 16.6. The van der Waals surface area contributed by atoms with Crippen molar-refractivity contribution in [3.63, 3.8) is 0 Å². The summed E-state index contributed by atoms with van der Waals surface area (Å²) in [7, 11) is 0. The molecule has 0 aliphatic heterocycles. The van der Waals surface area contributed by atoms with Gasteiger partial charge in [0.05, 0.1) is 22.5 Å². The maximum Gasteiger partial charge on any atom is 0.195 e. The first-order chi connectivity index (χ1) is 10.8. The third kappa shape index (κ3) is 1.99. The van der Waals surface area contributed by atoms with Crippen LogP contribution in [0.4, 0.5) is 0 Å². The number of imidazole rings is 1. The highest BCUT2D eigenvalue weighted by Gasteiger charge is 2.15. The second-order valence-corrected chi connectivity index (χ2v) is 6.20. The van der Waals surface area contributed by atoms with Gasteiger partial charge in [-0.1, -0.05) is 41.7 Å². The molecule has 4 rings (SSSR count). The number of benzene rings is 2. The third-order valence-corrected chi connectivity index (χ3v) is 4.81. The fourth-order valence-corrected chi connectivity index (χ4v) is 3.91. The average molecular weight is 308 g/mol. The zero-order valence-corrected chi connectivity index (χ0v) is 13.4. The Labute approximate surface area is 132 Å². The topological polar surface area (TPSA) is 26.5 Å². The lowest BCUT2D eigenvalue weighted by molar-refractivity contribution is 0.341. The van der Waals surface area contributed by atoms with E-state index in [-0.39, 0.29) is 0 Å². The number of ether oxygens (including phenoxy) is 1. The van der Waals surface area contributed by atoms with Crippen molar-refractivity contribution in [2.75, 3.05) is 6.61 Å². The summed E-state index contributed by atoms with van der Waals surface area (Å²) in [5.41, 5.74) is 4.59. The van der Waals surface area contributed by atoms with Gasteiger partial charge >= 0.3 is 0 Å². The monoisotopic (exact) mass is 308 g/mol. The summed E-state index contributed by atoms with van der Waals surface area (Å²) >= 11 is 1.70. The maximum atomic E-state index is 5.59. The van der Waals surface area contributed by atoms with Gasteiger partial charge < -0.3 is 4.74 Å². The Balaban J connectivity index is 1.93. The van der Waals surface area contributed by atoms with E-state index in [1.807, 2.05) is 19.1 Å². The van der Waals surface area contributed by atoms with Crippen LogP contribution in [0, 0.1) is 6.92 Å². The van der Waals surface area contributed by atoms with Gasteiger partial charge in [-0.05, 0) is 32.0 Å². The quantitative estimate of drug-likeness (QED) is 0.537. The zero-order chi connectivity index (χ0) is 15.1. The number of thiazole rings is 1. The van der Waals surface area contributed by atoms with Crippen LogP contribution < -0.4 is 4.74 Å². The Kier molecular flexibility index (Phi) is 3.12. The van der Waals surface area contributed by atoms with Crippen LogP contribution >= 0.6 is 11.3 Å². The second-order valence-electron chi connectivity index (χ2n) is 5.19. The van der Waals surface area contributed by atoms with Gasteiger partial charge in [0.2, 0.25) is 0 Å². The highest BCUT2D eigenvalue weighted by Crippen LogP contribution is 2.34. The molecule has 0 saturated carbocycles. The van der Waals surface area contributed by atoms with Crippen molar-refractivity contribution in [2.24, 2.45) is 0 Å². The second kappa shape index (κ2) is 5.14. The van der Waals surface area contributed by atoms with Crippen LogP contribution in [-0.4, -0.2) is 16.0 Å². The molecule has 0 atom stereocenters. The Hall–Kier alpha value is -2.33. The smallest absolute Gasteiger partial charge is 0.195 e. The lowest BCUT2D eigenvalue weighted by atomic mass is 10.1. The Bertz CT molecular complexity index is 953. The number of rotatable bonds is 3. The molecule has 0 amide bonds. The summed E-state index contributed by atoms with van der Waals surface area (Å²) in [6.45, 7) is 4.82. The first-order valence-corrected chi connectivity index (χ1v) is 8.19. The molecular weight excluding hydrogens is 292 g/mol. The summed E-state index contributed by atoms with van der Waals surface area (Å²) in [5.74, 6) is 0.917. The van der Waals surface area contributed by atoms with Gasteiger partial charge in [-0.15, -0.1) is 0 Å². The number of nitrogens with zero attached hydrogens (tertiary/aromatic N) is 2. The van der Waals surface area contributed by atoms with Crippen LogP contribution in [0.25, 0.3) is 26.4 Å². The molecule has 0 spiro atoms. The molecule has 0 saturated heterocycles. The fraction of sp³-hybridized carbons (Fsp3) is 0.167. The van der Waals surface area contributed by atoms with Crippen molar-refractivity contribution in [1.82, 2.24) is 9.38 Å². The summed E-state index contributed by atoms with van der Waals surface area (Å²) < 4.78 is 9.03. The Morgan fingerprint density at radius 2 is 1.95 bits per heavy atom. The summed E-state index contributed by atoms with van der Waals surface area (Å²) in [6.07, 6.45) is 0. The molecule has 110 valence electrons. The first kappa shape index (κ1) is 13.3. The normalized spacial score (nSPS) is 11.4. The lowest BCUT2D eigenvalue weighted by Gasteiger charge is -2.03. The molecule has 0 bridgehead atoms. The zero-order valence-electron chi connectivity index (χ0n) is 12.5. The number of aryl methyl sites for hydroxylation is 1. The fourth-order valence-electron chi connectivity index (χ4n) is 2.81. The predicted molar refractivity (Wildman–Crippen MR) is 91.9 cm³/mol. The molecule has 4 heteroatoms. The van der Waals surface area contributed by atoms with Gasteiger partial charge in [0.1, 0.15) is 5.75 Å². The number of aromatic nitrogens is 2. The highest BCUT2D eigenvalue weighted by molar-refractivity contribution is 7.23. The van der Waals surface area contributed by atoms with E-state index in [0.29, 0.717) is 6.61 Å². The SMILES string of the molecule is CCOc1ccc2c(c1)sc1nc(-c3ccccc3)c(C)n12. The van der Waals surface area contributed by atoms with Gasteiger partial charge in [0, 0.05) is 11.3 Å². The van der Waals surface area contributed by atoms with E-state index >= 15 is 0 Å². The largest absolute Gasteiger partial charge is 0.494 e. The molecule has 0 aliphatic rings. The van der Waals surface area contributed by atoms with Crippen LogP contribution in [-0.2, 0) is 0 Å². The lowest BCUT2D eigenvalue weighted by Crippen LogP contribution is -1.91. The van der Waals surface area contributed by atoms with Crippen molar-refractivity contribution in [3.05, 3.63) is 54.2 Å². The standard InChI is InChI=1S/C18H16N2OS/c1-3-21-14-9-10-15-16(11-14)22-18-19-17(12(2)20(15)18)13-7-5-4-6-8-13/h4-11H,3H2,1-2H3. The van der Waals surface area contributed by atoms with Crippen molar-refractivity contribution in [1.29, 1.82) is 0 Å². The van der Waals surface area contributed by atoms with E-state index in [2.05, 4.69) is 47.7 Å². The van der Waals surface area contributed by atoms with E-state index in [1.54, 1.807) is 11.3 Å². The van der Waals surface area contributed by atoms with Crippen molar-refractivity contribution in [2.45, 2.75) is 13.8 Å². The van der Waals surface area contributed by atoms with E-state index in [4.69, 9.17) is 9.72 Å². The van der Waals surface area contributed by atoms with Crippen molar-refractivity contribution >= 4 is 26.5 Å². The van der Waals surface area contributed by atoms with Crippen molar-refractivity contribution < 1.29 is 4.74 Å². The first-order valence-electron chi connectivity index (χ1n) is 7.37. The third-order valence-electron chi connectivity index (χ3n) is 3.81. The van der Waals surface area contributed by atoms with E-state index in [0.717, 1.165) is 22.0 Å². The van der Waals surface area contributed by atoms with E-state index in [1.165, 1.54) is 15.9 Å². The molecule has 0 radical (unpaired) electrons. The molecule has 4 aromatic rings. The molecule has 0 N–H and O–H groups in total. The average Bonchev–Trinajstić information content (AvgIpc) is 3.05. The van der Waals surface area contributed by atoms with Crippen molar-refractivity contribution in [3.8, 4) is 17.0 Å². The van der Waals surface area contributed by atoms with Gasteiger partial charge in [0.25, 0.3) is 0 Å². The highest BCUT2D eigenvalue weighted by atomic mass is 32.1. The van der Waals surface area contributed by atoms with Gasteiger partial charge in [-0.2, -0.15) is 0 Å². The molecule has 0 fully saturated rings. The van der Waals surface area contributed by atoms with Gasteiger partial charge in [-0.3, -0.25) is 4.40 Å². The Morgan fingerprint density at radius 1 is 1.14 bits per heavy atom. The van der Waals surface area contributed by atoms with Gasteiger partial charge in [-0.25, -0.2) is 4.98 Å². The molecule has 2 aromatic heterocycles. The molecule has 0 unspecified atom stereocenters. The minimum absolute atomic E-state index is 0.686. The molecule has 3 nitrogen and oxygen atoms in total.